The average Bonchev–Trinajstić information content (AvgIpc) is 3.40. The fourth-order valence-electron chi connectivity index (χ4n) is 8.64. The quantitative estimate of drug-likeness (QED) is 0.201. The molecule has 0 saturated heterocycles. The second-order valence-corrected chi connectivity index (χ2v) is 16.5. The second-order valence-electron chi connectivity index (χ2n) is 11.5. The standard InChI is InChI=1S/C32H48Si/c1-5-9-21-33(22-10-6-2,31-23-25(15-7-3)27-17-11-13-19-29(27)31)32-24-26(16-8-4)28-18-12-14-20-30(28)32/h7-8,11-14,17-20,25-32H,3-6,9-10,15-16,21-24H2,1-2H3. The zero-order valence-electron chi connectivity index (χ0n) is 21.4. The minimum absolute atomic E-state index is 0.746. The Labute approximate surface area is 205 Å². The Morgan fingerprint density at radius 3 is 1.42 bits per heavy atom. The number of allylic oxidation sites excluding steroid dienone is 10. The van der Waals surface area contributed by atoms with E-state index in [2.05, 4.69) is 87.8 Å². The number of hydrogen-bond donors (Lipinski definition) is 0. The first-order valence-corrected chi connectivity index (χ1v) is 16.7. The van der Waals surface area contributed by atoms with Crippen molar-refractivity contribution in [3.05, 3.63) is 73.9 Å². The first-order valence-electron chi connectivity index (χ1n) is 14.1. The summed E-state index contributed by atoms with van der Waals surface area (Å²) < 4.78 is 0. The molecule has 180 valence electrons. The van der Waals surface area contributed by atoms with Crippen molar-refractivity contribution in [2.75, 3.05) is 0 Å². The Bertz CT molecular complexity index is 716. The summed E-state index contributed by atoms with van der Waals surface area (Å²) in [6.45, 7) is 13.1. The molecule has 0 heterocycles. The van der Waals surface area contributed by atoms with Crippen molar-refractivity contribution in [2.45, 2.75) is 88.4 Å². The molecule has 4 aliphatic carbocycles. The maximum Gasteiger partial charge on any atom is 0.0610 e. The molecule has 0 aromatic rings. The Balaban J connectivity index is 1.76. The predicted octanol–water partition coefficient (Wildman–Crippen LogP) is 9.68. The van der Waals surface area contributed by atoms with E-state index in [1.165, 1.54) is 51.4 Å². The molecular formula is C32H48Si. The number of fused-ring (bicyclic) bond motifs is 2. The van der Waals surface area contributed by atoms with Crippen LogP contribution in [0.5, 0.6) is 0 Å². The normalized spacial score (nSPS) is 36.7. The summed E-state index contributed by atoms with van der Waals surface area (Å²) in [4.78, 5) is 0. The molecule has 0 nitrogen and oxygen atoms in total. The lowest BCUT2D eigenvalue weighted by molar-refractivity contribution is 0.420. The summed E-state index contributed by atoms with van der Waals surface area (Å²) in [5.41, 5.74) is 1.89. The summed E-state index contributed by atoms with van der Waals surface area (Å²) in [6, 6.07) is 3.12. The van der Waals surface area contributed by atoms with E-state index in [-0.39, 0.29) is 0 Å². The van der Waals surface area contributed by atoms with Crippen LogP contribution < -0.4 is 0 Å². The molecule has 0 aliphatic heterocycles. The van der Waals surface area contributed by atoms with Gasteiger partial charge in [0.1, 0.15) is 0 Å². The van der Waals surface area contributed by atoms with E-state index in [9.17, 15) is 0 Å². The molecule has 1 heteroatoms. The molecule has 0 N–H and O–H groups in total. The first-order chi connectivity index (χ1) is 16.2. The molecule has 8 atom stereocenters. The van der Waals surface area contributed by atoms with E-state index < -0.39 is 8.07 Å². The van der Waals surface area contributed by atoms with Crippen LogP contribution in [0.1, 0.15) is 65.2 Å². The van der Waals surface area contributed by atoms with E-state index in [0.29, 0.717) is 0 Å². The van der Waals surface area contributed by atoms with Crippen LogP contribution in [0.25, 0.3) is 0 Å². The van der Waals surface area contributed by atoms with Crippen molar-refractivity contribution >= 4 is 8.07 Å². The third-order valence-corrected chi connectivity index (χ3v) is 16.7. The van der Waals surface area contributed by atoms with E-state index in [4.69, 9.17) is 0 Å². The zero-order valence-corrected chi connectivity index (χ0v) is 22.4. The van der Waals surface area contributed by atoms with E-state index in [1.54, 1.807) is 12.1 Å². The molecule has 4 rings (SSSR count). The van der Waals surface area contributed by atoms with Crippen LogP contribution in [0.3, 0.4) is 0 Å². The largest absolute Gasteiger partial charge is 0.103 e. The molecule has 2 fully saturated rings. The van der Waals surface area contributed by atoms with Gasteiger partial charge in [-0.2, -0.15) is 0 Å². The van der Waals surface area contributed by atoms with Crippen LogP contribution in [0, 0.1) is 35.5 Å². The molecule has 0 aromatic carbocycles. The van der Waals surface area contributed by atoms with Crippen molar-refractivity contribution in [3.8, 4) is 0 Å². The molecular weight excluding hydrogens is 412 g/mol. The van der Waals surface area contributed by atoms with Gasteiger partial charge in [-0.3, -0.25) is 0 Å². The molecule has 0 amide bonds. The van der Waals surface area contributed by atoms with Gasteiger partial charge in [-0.15, -0.1) is 13.2 Å². The van der Waals surface area contributed by atoms with Gasteiger partial charge in [-0.05, 0) is 72.3 Å². The van der Waals surface area contributed by atoms with Crippen LogP contribution in [0.15, 0.2) is 73.9 Å². The van der Waals surface area contributed by atoms with Gasteiger partial charge in [-0.1, -0.05) is 112 Å². The molecule has 4 aliphatic rings. The Kier molecular flexibility index (Phi) is 8.55. The number of hydrogen-bond acceptors (Lipinski definition) is 0. The van der Waals surface area contributed by atoms with Crippen LogP contribution in [0.4, 0.5) is 0 Å². The molecule has 33 heavy (non-hydrogen) atoms. The zero-order chi connectivity index (χ0) is 23.3. The second kappa shape index (κ2) is 11.4. The molecule has 0 bridgehead atoms. The lowest BCUT2D eigenvalue weighted by Gasteiger charge is -2.48. The van der Waals surface area contributed by atoms with Crippen molar-refractivity contribution < 1.29 is 0 Å². The average molecular weight is 461 g/mol. The predicted molar refractivity (Wildman–Crippen MR) is 149 cm³/mol. The topological polar surface area (TPSA) is 0 Å². The SMILES string of the molecule is C=CCC1CC([Si](CCCC)(CCCC)C2CC(CC=C)C3C=CC=CC32)C2C=CC=CC12. The van der Waals surface area contributed by atoms with Crippen LogP contribution in [-0.4, -0.2) is 8.07 Å². The third-order valence-electron chi connectivity index (χ3n) is 9.98. The maximum atomic E-state index is 4.15. The van der Waals surface area contributed by atoms with Gasteiger partial charge in [0.25, 0.3) is 0 Å². The van der Waals surface area contributed by atoms with Crippen molar-refractivity contribution in [1.29, 1.82) is 0 Å². The minimum Gasteiger partial charge on any atom is -0.103 e. The molecule has 2 saturated carbocycles. The highest BCUT2D eigenvalue weighted by Crippen LogP contribution is 2.64. The third kappa shape index (κ3) is 4.77. The van der Waals surface area contributed by atoms with Gasteiger partial charge in [0, 0.05) is 0 Å². The van der Waals surface area contributed by atoms with Crippen LogP contribution in [0.2, 0.25) is 23.2 Å². The van der Waals surface area contributed by atoms with Crippen molar-refractivity contribution in [3.63, 3.8) is 0 Å². The Hall–Kier alpha value is -1.34. The fraction of sp³-hybridized carbons (Fsp3) is 0.625. The Morgan fingerprint density at radius 2 is 1.06 bits per heavy atom. The molecule has 0 radical (unpaired) electrons. The van der Waals surface area contributed by atoms with Crippen LogP contribution >= 0.6 is 0 Å². The lowest BCUT2D eigenvalue weighted by Crippen LogP contribution is -2.48. The summed E-state index contributed by atoms with van der Waals surface area (Å²) in [5.74, 6) is 4.65. The number of rotatable bonds is 12. The van der Waals surface area contributed by atoms with Gasteiger partial charge < -0.3 is 0 Å². The van der Waals surface area contributed by atoms with Gasteiger partial charge >= 0.3 is 0 Å². The van der Waals surface area contributed by atoms with Gasteiger partial charge in [0.05, 0.1) is 8.07 Å². The first kappa shape index (κ1) is 24.8. The lowest BCUT2D eigenvalue weighted by atomic mass is 9.84. The van der Waals surface area contributed by atoms with E-state index in [0.717, 1.165) is 46.6 Å². The summed E-state index contributed by atoms with van der Waals surface area (Å²) >= 11 is 0. The van der Waals surface area contributed by atoms with Gasteiger partial charge in [0.15, 0.2) is 0 Å². The van der Waals surface area contributed by atoms with Gasteiger partial charge in [-0.25, -0.2) is 0 Å². The smallest absolute Gasteiger partial charge is 0.0610 e. The molecule has 0 aromatic heterocycles. The minimum atomic E-state index is -1.57. The molecule has 8 unspecified atom stereocenters. The number of unbranched alkanes of at least 4 members (excludes halogenated alkanes) is 2. The summed E-state index contributed by atoms with van der Waals surface area (Å²) in [6.07, 6.45) is 35.1. The summed E-state index contributed by atoms with van der Waals surface area (Å²) in [5, 5.41) is 0. The highest BCUT2D eigenvalue weighted by molar-refractivity contribution is 6.83. The van der Waals surface area contributed by atoms with E-state index >= 15 is 0 Å². The Morgan fingerprint density at radius 1 is 0.667 bits per heavy atom. The maximum absolute atomic E-state index is 4.15. The highest BCUT2D eigenvalue weighted by atomic mass is 28.3. The van der Waals surface area contributed by atoms with Crippen molar-refractivity contribution in [1.82, 2.24) is 0 Å². The monoisotopic (exact) mass is 460 g/mol. The molecule has 0 spiro atoms. The van der Waals surface area contributed by atoms with E-state index in [1.807, 2.05) is 0 Å². The highest BCUT2D eigenvalue weighted by Gasteiger charge is 2.58. The van der Waals surface area contributed by atoms with Crippen LogP contribution in [-0.2, 0) is 0 Å². The van der Waals surface area contributed by atoms with Gasteiger partial charge in [0.2, 0.25) is 0 Å². The van der Waals surface area contributed by atoms with Crippen molar-refractivity contribution in [2.24, 2.45) is 35.5 Å². The summed E-state index contributed by atoms with van der Waals surface area (Å²) in [7, 11) is -1.57. The fourth-order valence-corrected chi connectivity index (χ4v) is 16.7.